The van der Waals surface area contributed by atoms with Crippen LogP contribution in [-0.2, 0) is 12.8 Å². The lowest BCUT2D eigenvalue weighted by molar-refractivity contribution is -0.154. The molecule has 0 saturated carbocycles. The van der Waals surface area contributed by atoms with Crippen LogP contribution in [0.5, 0.6) is 17.2 Å². The number of carboxylic acids is 1. The average molecular weight is 488 g/mol. The summed E-state index contributed by atoms with van der Waals surface area (Å²) in [5.74, 6) is -3.72. The van der Waals surface area contributed by atoms with E-state index < -0.39 is 29.1 Å². The van der Waals surface area contributed by atoms with Gasteiger partial charge < -0.3 is 23.4 Å². The minimum Gasteiger partial charge on any atom is -0.486 e. The van der Waals surface area contributed by atoms with Crippen LogP contribution in [0.1, 0.15) is 47.4 Å². The number of halogens is 3. The molecule has 1 N–H and O–H groups in total. The van der Waals surface area contributed by atoms with Gasteiger partial charge in [0.2, 0.25) is 16.9 Å². The summed E-state index contributed by atoms with van der Waals surface area (Å²) in [6.07, 6.45) is -5.01. The number of hydrogen-bond acceptors (Lipinski definition) is 6. The number of benzene rings is 2. The molecule has 0 radical (unpaired) electrons. The molecule has 4 aromatic rings. The van der Waals surface area contributed by atoms with Gasteiger partial charge in [0.25, 0.3) is 5.76 Å². The number of ether oxygens (including phenoxy) is 2. The predicted molar refractivity (Wildman–Crippen MR) is 118 cm³/mol. The van der Waals surface area contributed by atoms with Crippen LogP contribution in [0, 0.1) is 0 Å². The van der Waals surface area contributed by atoms with Gasteiger partial charge in [-0.2, -0.15) is 13.2 Å². The maximum absolute atomic E-state index is 13.9. The van der Waals surface area contributed by atoms with Gasteiger partial charge in [-0.1, -0.05) is 32.0 Å². The second kappa shape index (κ2) is 9.21. The highest BCUT2D eigenvalue weighted by Gasteiger charge is 2.40. The number of para-hydroxylation sites is 1. The highest BCUT2D eigenvalue weighted by atomic mass is 19.4. The molecule has 0 saturated heterocycles. The van der Waals surface area contributed by atoms with Crippen molar-refractivity contribution in [1.29, 1.82) is 0 Å². The molecule has 182 valence electrons. The zero-order valence-corrected chi connectivity index (χ0v) is 18.5. The minimum absolute atomic E-state index is 0.0616. The fourth-order valence-corrected chi connectivity index (χ4v) is 3.41. The van der Waals surface area contributed by atoms with Crippen molar-refractivity contribution in [3.63, 3.8) is 0 Å². The third-order valence-electron chi connectivity index (χ3n) is 5.09. The van der Waals surface area contributed by atoms with Gasteiger partial charge in [-0.05, 0) is 41.8 Å². The van der Waals surface area contributed by atoms with Crippen LogP contribution in [-0.4, -0.2) is 11.1 Å². The van der Waals surface area contributed by atoms with Crippen LogP contribution >= 0.6 is 0 Å². The predicted octanol–water partition coefficient (Wildman–Crippen LogP) is 6.60. The van der Waals surface area contributed by atoms with Crippen LogP contribution in [0.15, 0.2) is 68.2 Å². The minimum atomic E-state index is -5.01. The van der Waals surface area contributed by atoms with Crippen molar-refractivity contribution in [1.82, 2.24) is 0 Å². The molecule has 0 fully saturated rings. The fraction of sp³-hybridized carbons (Fsp3) is 0.200. The van der Waals surface area contributed by atoms with Crippen LogP contribution in [0.2, 0.25) is 0 Å². The van der Waals surface area contributed by atoms with Crippen molar-refractivity contribution in [3.8, 4) is 17.2 Å². The molecule has 2 heterocycles. The summed E-state index contributed by atoms with van der Waals surface area (Å²) in [7, 11) is 0. The third kappa shape index (κ3) is 5.01. The summed E-state index contributed by atoms with van der Waals surface area (Å²) in [4.78, 5) is 23.9. The Morgan fingerprint density at radius 3 is 2.46 bits per heavy atom. The Balaban J connectivity index is 1.72. The van der Waals surface area contributed by atoms with Crippen LogP contribution in [0.4, 0.5) is 13.2 Å². The van der Waals surface area contributed by atoms with E-state index in [0.29, 0.717) is 5.56 Å². The summed E-state index contributed by atoms with van der Waals surface area (Å²) in [6, 6.07) is 12.9. The van der Waals surface area contributed by atoms with E-state index in [9.17, 15) is 22.8 Å². The van der Waals surface area contributed by atoms with Crippen LogP contribution < -0.4 is 14.9 Å². The van der Waals surface area contributed by atoms with Gasteiger partial charge in [0.05, 0.1) is 5.39 Å². The Morgan fingerprint density at radius 2 is 1.80 bits per heavy atom. The van der Waals surface area contributed by atoms with Crippen molar-refractivity contribution in [2.45, 2.75) is 32.5 Å². The number of hydrogen-bond donors (Lipinski definition) is 1. The molecule has 0 aliphatic carbocycles. The number of carbonyl (C=O) groups is 1. The standard InChI is InChI=1S/C25H19F3O7/c1-13(2)16-5-3-4-6-18(16)34-22-21(29)17-9-7-14(11-20(17)35-23(22)25(26,27)28)32-12-15-8-10-19(33-15)24(30)31/h3-11,13H,12H2,1-2H3,(H,30,31). The van der Waals surface area contributed by atoms with E-state index in [4.69, 9.17) is 23.4 Å². The van der Waals surface area contributed by atoms with Gasteiger partial charge in [0.1, 0.15) is 29.4 Å². The Labute approximate surface area is 196 Å². The first-order chi connectivity index (χ1) is 16.5. The monoisotopic (exact) mass is 488 g/mol. The lowest BCUT2D eigenvalue weighted by atomic mass is 10.0. The zero-order chi connectivity index (χ0) is 25.3. The molecule has 7 nitrogen and oxygen atoms in total. The largest absolute Gasteiger partial charge is 0.486 e. The first-order valence-electron chi connectivity index (χ1n) is 10.4. The number of fused-ring (bicyclic) bond motifs is 1. The normalized spacial score (nSPS) is 11.7. The van der Waals surface area contributed by atoms with Gasteiger partial charge in [0, 0.05) is 6.07 Å². The number of furan rings is 1. The maximum Gasteiger partial charge on any atom is 0.453 e. The third-order valence-corrected chi connectivity index (χ3v) is 5.09. The van der Waals surface area contributed by atoms with E-state index in [-0.39, 0.29) is 46.5 Å². The molecule has 4 rings (SSSR count). The Kier molecular flexibility index (Phi) is 6.29. The Hall–Kier alpha value is -4.21. The van der Waals surface area contributed by atoms with E-state index in [1.54, 1.807) is 18.2 Å². The van der Waals surface area contributed by atoms with Gasteiger partial charge in [-0.3, -0.25) is 4.79 Å². The first-order valence-corrected chi connectivity index (χ1v) is 10.4. The molecule has 0 unspecified atom stereocenters. The summed E-state index contributed by atoms with van der Waals surface area (Å²) >= 11 is 0. The molecule has 0 atom stereocenters. The lowest BCUT2D eigenvalue weighted by Gasteiger charge is -2.16. The Morgan fingerprint density at radius 1 is 1.06 bits per heavy atom. The molecule has 0 aliphatic heterocycles. The summed E-state index contributed by atoms with van der Waals surface area (Å²) in [6.45, 7) is 3.51. The molecule has 0 amide bonds. The van der Waals surface area contributed by atoms with Crippen molar-refractivity contribution in [2.24, 2.45) is 0 Å². The fourth-order valence-electron chi connectivity index (χ4n) is 3.41. The summed E-state index contributed by atoms with van der Waals surface area (Å²) in [5, 5.41) is 8.77. The summed E-state index contributed by atoms with van der Waals surface area (Å²) < 4.78 is 62.7. The quantitative estimate of drug-likeness (QED) is 0.313. The van der Waals surface area contributed by atoms with E-state index in [0.717, 1.165) is 6.07 Å². The number of aromatic carboxylic acids is 1. The second-order valence-corrected chi connectivity index (χ2v) is 7.90. The zero-order valence-electron chi connectivity index (χ0n) is 18.5. The van der Waals surface area contributed by atoms with E-state index in [1.165, 1.54) is 30.3 Å². The van der Waals surface area contributed by atoms with Crippen LogP contribution in [0.3, 0.4) is 0 Å². The summed E-state index contributed by atoms with van der Waals surface area (Å²) in [5.41, 5.74) is -0.705. The first kappa shape index (κ1) is 23.9. The molecule has 2 aromatic carbocycles. The van der Waals surface area contributed by atoms with E-state index in [1.807, 2.05) is 13.8 Å². The molecule has 0 spiro atoms. The molecule has 2 aromatic heterocycles. The van der Waals surface area contributed by atoms with Crippen LogP contribution in [0.25, 0.3) is 11.0 Å². The number of rotatable bonds is 7. The SMILES string of the molecule is CC(C)c1ccccc1Oc1c(C(F)(F)F)oc2cc(OCc3ccc(C(=O)O)o3)ccc2c1=O. The number of carboxylic acid groups (broad SMARTS) is 1. The van der Waals surface area contributed by atoms with Gasteiger partial charge in [0.15, 0.2) is 0 Å². The molecular weight excluding hydrogens is 469 g/mol. The molecule has 35 heavy (non-hydrogen) atoms. The maximum atomic E-state index is 13.9. The lowest BCUT2D eigenvalue weighted by Crippen LogP contribution is -2.16. The molecule has 10 heteroatoms. The van der Waals surface area contributed by atoms with E-state index in [2.05, 4.69) is 0 Å². The number of alkyl halides is 3. The highest BCUT2D eigenvalue weighted by molar-refractivity contribution is 5.84. The second-order valence-electron chi connectivity index (χ2n) is 7.90. The van der Waals surface area contributed by atoms with E-state index >= 15 is 0 Å². The van der Waals surface area contributed by atoms with Gasteiger partial charge >= 0.3 is 12.1 Å². The average Bonchev–Trinajstić information content (AvgIpc) is 3.28. The topological polar surface area (TPSA) is 99.1 Å². The highest BCUT2D eigenvalue weighted by Crippen LogP contribution is 2.40. The smallest absolute Gasteiger partial charge is 0.453 e. The molecule has 0 bridgehead atoms. The van der Waals surface area contributed by atoms with Crippen molar-refractivity contribution < 1.29 is 41.4 Å². The van der Waals surface area contributed by atoms with Crippen molar-refractivity contribution in [3.05, 3.63) is 87.7 Å². The Bertz CT molecular complexity index is 1450. The van der Waals surface area contributed by atoms with Crippen molar-refractivity contribution in [2.75, 3.05) is 0 Å². The molecule has 0 aliphatic rings. The van der Waals surface area contributed by atoms with Crippen molar-refractivity contribution >= 4 is 16.9 Å². The molecular formula is C25H19F3O7. The van der Waals surface area contributed by atoms with Gasteiger partial charge in [-0.15, -0.1) is 0 Å². The van der Waals surface area contributed by atoms with Gasteiger partial charge in [-0.25, -0.2) is 4.79 Å².